The highest BCUT2D eigenvalue weighted by atomic mass is 32.2. The van der Waals surface area contributed by atoms with E-state index >= 15 is 0 Å². The fourth-order valence-corrected chi connectivity index (χ4v) is 3.32. The van der Waals surface area contributed by atoms with Gasteiger partial charge in [-0.1, -0.05) is 30.3 Å². The van der Waals surface area contributed by atoms with Crippen LogP contribution in [-0.2, 0) is 0 Å². The van der Waals surface area contributed by atoms with E-state index in [9.17, 15) is 0 Å². The van der Waals surface area contributed by atoms with Gasteiger partial charge in [-0.15, -0.1) is 11.8 Å². The van der Waals surface area contributed by atoms with Gasteiger partial charge in [0.1, 0.15) is 0 Å². The number of rotatable bonds is 1. The van der Waals surface area contributed by atoms with Gasteiger partial charge in [0, 0.05) is 5.54 Å². The Morgan fingerprint density at radius 2 is 2.00 bits per heavy atom. The summed E-state index contributed by atoms with van der Waals surface area (Å²) in [7, 11) is 0. The van der Waals surface area contributed by atoms with Crippen molar-refractivity contribution in [2.75, 3.05) is 5.75 Å². The average molecular weight is 207 g/mol. The maximum absolute atomic E-state index is 3.67. The maximum Gasteiger partial charge on any atom is 0.0793 e. The van der Waals surface area contributed by atoms with Gasteiger partial charge in [-0.25, -0.2) is 0 Å². The summed E-state index contributed by atoms with van der Waals surface area (Å²) in [5.41, 5.74) is 1.68. The minimum atomic E-state index is 0.283. The number of thioether (sulfide) groups is 1. The Labute approximate surface area is 90.3 Å². The van der Waals surface area contributed by atoms with Crippen LogP contribution in [0.2, 0.25) is 0 Å². The summed E-state index contributed by atoms with van der Waals surface area (Å²) in [5.74, 6) is 1.25. The van der Waals surface area contributed by atoms with Gasteiger partial charge >= 0.3 is 0 Å². The van der Waals surface area contributed by atoms with Crippen LogP contribution >= 0.6 is 11.8 Å². The zero-order valence-corrected chi connectivity index (χ0v) is 9.60. The van der Waals surface area contributed by atoms with Gasteiger partial charge in [-0.2, -0.15) is 0 Å². The Hall–Kier alpha value is -0.470. The summed E-state index contributed by atoms with van der Waals surface area (Å²) in [6, 6.07) is 10.7. The Morgan fingerprint density at radius 1 is 1.29 bits per heavy atom. The molecule has 1 saturated heterocycles. The Balaban J connectivity index is 2.12. The number of nitrogens with one attached hydrogen (secondary N) is 1. The van der Waals surface area contributed by atoms with Crippen LogP contribution in [0.4, 0.5) is 0 Å². The molecule has 0 bridgehead atoms. The molecule has 0 saturated carbocycles. The molecule has 76 valence electrons. The molecule has 1 aromatic rings. The van der Waals surface area contributed by atoms with Gasteiger partial charge in [-0.05, 0) is 31.6 Å². The third-order valence-electron chi connectivity index (χ3n) is 2.64. The van der Waals surface area contributed by atoms with Crippen molar-refractivity contribution in [2.45, 2.75) is 31.2 Å². The third kappa shape index (κ3) is 2.31. The lowest BCUT2D eigenvalue weighted by Gasteiger charge is -2.36. The van der Waals surface area contributed by atoms with Gasteiger partial charge in [-0.3, -0.25) is 5.32 Å². The van der Waals surface area contributed by atoms with Crippen LogP contribution in [0, 0.1) is 0 Å². The Bertz CT molecular complexity index is 294. The van der Waals surface area contributed by atoms with Crippen LogP contribution in [0.3, 0.4) is 0 Å². The lowest BCUT2D eigenvalue weighted by molar-refractivity contribution is 0.360. The zero-order valence-electron chi connectivity index (χ0n) is 8.79. The van der Waals surface area contributed by atoms with Gasteiger partial charge in [0.25, 0.3) is 0 Å². The van der Waals surface area contributed by atoms with E-state index in [1.807, 2.05) is 11.8 Å². The highest BCUT2D eigenvalue weighted by molar-refractivity contribution is 7.99. The molecule has 1 heterocycles. The molecule has 1 aliphatic rings. The second kappa shape index (κ2) is 3.95. The second-order valence-corrected chi connectivity index (χ2v) is 5.65. The van der Waals surface area contributed by atoms with E-state index < -0.39 is 0 Å². The molecule has 1 aromatic carbocycles. The first-order valence-corrected chi connectivity index (χ1v) is 6.16. The molecule has 0 aliphatic carbocycles. The predicted octanol–water partition coefficient (Wildman–Crippen LogP) is 3.19. The molecular weight excluding hydrogens is 190 g/mol. The first kappa shape index (κ1) is 10.1. The van der Waals surface area contributed by atoms with E-state index in [0.29, 0.717) is 5.37 Å². The zero-order chi connectivity index (χ0) is 10.0. The predicted molar refractivity (Wildman–Crippen MR) is 63.5 cm³/mol. The normalized spacial score (nSPS) is 26.0. The van der Waals surface area contributed by atoms with Crippen molar-refractivity contribution in [3.63, 3.8) is 0 Å². The molecule has 0 amide bonds. The van der Waals surface area contributed by atoms with Crippen molar-refractivity contribution in [1.29, 1.82) is 0 Å². The quantitative estimate of drug-likeness (QED) is 0.759. The van der Waals surface area contributed by atoms with E-state index in [2.05, 4.69) is 49.5 Å². The van der Waals surface area contributed by atoms with Crippen LogP contribution in [0.1, 0.15) is 31.2 Å². The standard InChI is InChI=1S/C12H17NS/c1-12(2)8-9-14-11(13-12)10-6-4-3-5-7-10/h3-7,11,13H,8-9H2,1-2H3. The van der Waals surface area contributed by atoms with Crippen molar-refractivity contribution in [3.05, 3.63) is 35.9 Å². The monoisotopic (exact) mass is 207 g/mol. The summed E-state index contributed by atoms with van der Waals surface area (Å²) in [4.78, 5) is 0. The van der Waals surface area contributed by atoms with Crippen molar-refractivity contribution in [1.82, 2.24) is 5.32 Å². The minimum Gasteiger partial charge on any atom is -0.297 e. The Morgan fingerprint density at radius 3 is 2.64 bits per heavy atom. The molecule has 1 fully saturated rings. The molecule has 1 unspecified atom stereocenters. The molecule has 0 spiro atoms. The molecule has 1 nitrogen and oxygen atoms in total. The van der Waals surface area contributed by atoms with Crippen LogP contribution in [0.15, 0.2) is 30.3 Å². The lowest BCUT2D eigenvalue weighted by Crippen LogP contribution is -2.44. The molecule has 1 N–H and O–H groups in total. The largest absolute Gasteiger partial charge is 0.297 e. The number of benzene rings is 1. The number of hydrogen-bond acceptors (Lipinski definition) is 2. The fraction of sp³-hybridized carbons (Fsp3) is 0.500. The third-order valence-corrected chi connectivity index (χ3v) is 3.80. The molecule has 0 aromatic heterocycles. The summed E-state index contributed by atoms with van der Waals surface area (Å²) in [6.07, 6.45) is 1.25. The van der Waals surface area contributed by atoms with E-state index in [1.54, 1.807) is 0 Å². The molecule has 2 rings (SSSR count). The van der Waals surface area contributed by atoms with Crippen molar-refractivity contribution < 1.29 is 0 Å². The second-order valence-electron chi connectivity index (χ2n) is 4.44. The van der Waals surface area contributed by atoms with Crippen LogP contribution in [0.5, 0.6) is 0 Å². The molecule has 0 radical (unpaired) electrons. The molecular formula is C12H17NS. The fourth-order valence-electron chi connectivity index (χ4n) is 1.71. The number of hydrogen-bond donors (Lipinski definition) is 1. The first-order valence-electron chi connectivity index (χ1n) is 5.12. The van der Waals surface area contributed by atoms with E-state index in [-0.39, 0.29) is 5.54 Å². The van der Waals surface area contributed by atoms with E-state index in [0.717, 1.165) is 0 Å². The smallest absolute Gasteiger partial charge is 0.0793 e. The maximum atomic E-state index is 3.67. The summed E-state index contributed by atoms with van der Waals surface area (Å²) in [6.45, 7) is 4.56. The van der Waals surface area contributed by atoms with Crippen molar-refractivity contribution in [2.24, 2.45) is 0 Å². The highest BCUT2D eigenvalue weighted by Gasteiger charge is 2.27. The molecule has 1 aliphatic heterocycles. The van der Waals surface area contributed by atoms with Crippen LogP contribution in [0.25, 0.3) is 0 Å². The Kier molecular flexibility index (Phi) is 2.84. The molecule has 2 heteroatoms. The summed E-state index contributed by atoms with van der Waals surface area (Å²) in [5, 5.41) is 4.14. The van der Waals surface area contributed by atoms with Gasteiger partial charge in [0.2, 0.25) is 0 Å². The summed E-state index contributed by atoms with van der Waals surface area (Å²) >= 11 is 2.01. The SMILES string of the molecule is CC1(C)CCSC(c2ccccc2)N1. The lowest BCUT2D eigenvalue weighted by atomic mass is 10.0. The van der Waals surface area contributed by atoms with E-state index in [1.165, 1.54) is 17.7 Å². The average Bonchev–Trinajstić information content (AvgIpc) is 2.18. The highest BCUT2D eigenvalue weighted by Crippen LogP contribution is 2.34. The first-order chi connectivity index (χ1) is 6.67. The van der Waals surface area contributed by atoms with E-state index in [4.69, 9.17) is 0 Å². The van der Waals surface area contributed by atoms with Crippen molar-refractivity contribution >= 4 is 11.8 Å². The van der Waals surface area contributed by atoms with Crippen LogP contribution < -0.4 is 5.32 Å². The van der Waals surface area contributed by atoms with Gasteiger partial charge < -0.3 is 0 Å². The van der Waals surface area contributed by atoms with Crippen molar-refractivity contribution in [3.8, 4) is 0 Å². The summed E-state index contributed by atoms with van der Waals surface area (Å²) < 4.78 is 0. The van der Waals surface area contributed by atoms with Gasteiger partial charge in [0.15, 0.2) is 0 Å². The van der Waals surface area contributed by atoms with Crippen LogP contribution in [-0.4, -0.2) is 11.3 Å². The van der Waals surface area contributed by atoms with Gasteiger partial charge in [0.05, 0.1) is 5.37 Å². The molecule has 1 atom stereocenters. The molecule has 14 heavy (non-hydrogen) atoms. The minimum absolute atomic E-state index is 0.283. The topological polar surface area (TPSA) is 12.0 Å².